The Morgan fingerprint density at radius 3 is 2.77 bits per heavy atom. The molecule has 0 unspecified atom stereocenters. The van der Waals surface area contributed by atoms with Crippen LogP contribution in [0.2, 0.25) is 0 Å². The number of carbonyl (C=O) groups is 1. The number of aromatic nitrogens is 4. The third-order valence-electron chi connectivity index (χ3n) is 6.07. The molecule has 1 saturated carbocycles. The largest absolute Gasteiger partial charge is 0.481 e. The minimum Gasteiger partial charge on any atom is -0.481 e. The third kappa shape index (κ3) is 3.58. The monoisotopic (exact) mass is 464 g/mol. The Morgan fingerprint density at radius 1 is 1.17 bits per heavy atom. The molecule has 152 valence electrons. The zero-order chi connectivity index (χ0) is 20.7. The van der Waals surface area contributed by atoms with E-state index in [0.717, 1.165) is 63.5 Å². The number of benzene rings is 1. The molecule has 0 atom stereocenters. The van der Waals surface area contributed by atoms with Gasteiger partial charge in [-0.2, -0.15) is 5.10 Å². The Bertz CT molecular complexity index is 1240. The van der Waals surface area contributed by atoms with Crippen molar-refractivity contribution < 1.29 is 9.90 Å². The maximum absolute atomic E-state index is 11.0. The second-order valence-electron chi connectivity index (χ2n) is 8.03. The van der Waals surface area contributed by atoms with Gasteiger partial charge in [-0.25, -0.2) is 9.50 Å². The lowest BCUT2D eigenvalue weighted by molar-refractivity contribution is -0.138. The molecule has 7 heteroatoms. The predicted molar refractivity (Wildman–Crippen MR) is 118 cm³/mol. The van der Waals surface area contributed by atoms with E-state index in [0.29, 0.717) is 5.92 Å². The average molecular weight is 465 g/mol. The lowest BCUT2D eigenvalue weighted by Gasteiger charge is -2.27. The fourth-order valence-electron chi connectivity index (χ4n) is 4.50. The molecule has 1 aliphatic rings. The highest BCUT2D eigenvalue weighted by molar-refractivity contribution is 9.10. The van der Waals surface area contributed by atoms with E-state index in [1.807, 2.05) is 36.8 Å². The maximum atomic E-state index is 11.0. The highest BCUT2D eigenvalue weighted by Crippen LogP contribution is 2.39. The zero-order valence-corrected chi connectivity index (χ0v) is 17.9. The van der Waals surface area contributed by atoms with Crippen LogP contribution in [0.25, 0.3) is 27.7 Å². The van der Waals surface area contributed by atoms with Gasteiger partial charge in [-0.3, -0.25) is 9.78 Å². The number of pyridine rings is 1. The summed E-state index contributed by atoms with van der Waals surface area (Å²) in [5.74, 6) is -0.102. The Kier molecular flexibility index (Phi) is 4.98. The summed E-state index contributed by atoms with van der Waals surface area (Å²) in [7, 11) is 0. The van der Waals surface area contributed by atoms with Crippen LogP contribution in [0.1, 0.15) is 43.7 Å². The third-order valence-corrected chi connectivity index (χ3v) is 6.69. The van der Waals surface area contributed by atoms with Crippen LogP contribution in [0.4, 0.5) is 0 Å². The summed E-state index contributed by atoms with van der Waals surface area (Å²) >= 11 is 3.68. The van der Waals surface area contributed by atoms with Crippen molar-refractivity contribution in [3.63, 3.8) is 0 Å². The quantitative estimate of drug-likeness (QED) is 0.433. The number of hydrogen-bond acceptors (Lipinski definition) is 4. The number of para-hydroxylation sites is 1. The van der Waals surface area contributed by atoms with Crippen molar-refractivity contribution >= 4 is 38.4 Å². The van der Waals surface area contributed by atoms with Gasteiger partial charge in [0.25, 0.3) is 0 Å². The molecule has 0 spiro atoms. The average Bonchev–Trinajstić information content (AvgIpc) is 3.15. The molecule has 1 aliphatic carbocycles. The van der Waals surface area contributed by atoms with E-state index >= 15 is 0 Å². The molecule has 0 saturated heterocycles. The molecular weight excluding hydrogens is 444 g/mol. The van der Waals surface area contributed by atoms with E-state index in [2.05, 4.69) is 38.1 Å². The van der Waals surface area contributed by atoms with E-state index in [1.54, 1.807) is 4.52 Å². The van der Waals surface area contributed by atoms with Crippen molar-refractivity contribution in [2.24, 2.45) is 5.92 Å². The van der Waals surface area contributed by atoms with E-state index in [-0.39, 0.29) is 12.3 Å². The van der Waals surface area contributed by atoms with Crippen molar-refractivity contribution in [3.8, 4) is 11.1 Å². The number of carboxylic acid groups (broad SMARTS) is 1. The van der Waals surface area contributed by atoms with Gasteiger partial charge in [0.2, 0.25) is 0 Å². The predicted octanol–water partition coefficient (Wildman–Crippen LogP) is 5.46. The normalized spacial score (nSPS) is 19.4. The first kappa shape index (κ1) is 19.2. The molecule has 3 aromatic heterocycles. The first-order valence-electron chi connectivity index (χ1n) is 10.2. The lowest BCUT2D eigenvalue weighted by Crippen LogP contribution is -2.17. The van der Waals surface area contributed by atoms with Crippen LogP contribution in [-0.4, -0.2) is 30.7 Å². The Balaban J connectivity index is 1.49. The second-order valence-corrected chi connectivity index (χ2v) is 8.89. The van der Waals surface area contributed by atoms with Crippen molar-refractivity contribution in [2.75, 3.05) is 0 Å². The van der Waals surface area contributed by atoms with Crippen molar-refractivity contribution in [1.29, 1.82) is 0 Å². The van der Waals surface area contributed by atoms with Gasteiger partial charge in [0, 0.05) is 41.2 Å². The molecule has 1 aromatic carbocycles. The molecule has 0 amide bonds. The minimum absolute atomic E-state index is 0.266. The summed E-state index contributed by atoms with van der Waals surface area (Å²) < 4.78 is 2.75. The van der Waals surface area contributed by atoms with Gasteiger partial charge in [-0.15, -0.1) is 0 Å². The summed E-state index contributed by atoms with van der Waals surface area (Å²) in [6.45, 7) is 0. The summed E-state index contributed by atoms with van der Waals surface area (Å²) in [6.07, 6.45) is 9.73. The smallest absolute Gasteiger partial charge is 0.303 e. The number of aliphatic carboxylic acids is 1. The number of rotatable bonds is 4. The van der Waals surface area contributed by atoms with E-state index < -0.39 is 5.97 Å². The molecule has 3 heterocycles. The van der Waals surface area contributed by atoms with Gasteiger partial charge in [0.05, 0.1) is 21.9 Å². The molecule has 5 rings (SSSR count). The minimum atomic E-state index is -0.702. The van der Waals surface area contributed by atoms with Crippen molar-refractivity contribution in [2.45, 2.75) is 38.0 Å². The fourth-order valence-corrected chi connectivity index (χ4v) is 5.10. The van der Waals surface area contributed by atoms with Gasteiger partial charge in [-0.05, 0) is 59.7 Å². The number of carboxylic acids is 1. The van der Waals surface area contributed by atoms with Gasteiger partial charge >= 0.3 is 5.97 Å². The zero-order valence-electron chi connectivity index (χ0n) is 16.3. The van der Waals surface area contributed by atoms with Gasteiger partial charge < -0.3 is 5.11 Å². The fraction of sp³-hybridized carbons (Fsp3) is 0.304. The van der Waals surface area contributed by atoms with E-state index in [4.69, 9.17) is 10.1 Å². The molecule has 1 fully saturated rings. The molecule has 0 bridgehead atoms. The van der Waals surface area contributed by atoms with Gasteiger partial charge in [0.15, 0.2) is 5.65 Å². The molecule has 1 N–H and O–H groups in total. The molecule has 6 nitrogen and oxygen atoms in total. The second kappa shape index (κ2) is 7.80. The number of halogens is 1. The number of nitrogens with zero attached hydrogens (tertiary/aromatic N) is 4. The van der Waals surface area contributed by atoms with E-state index in [9.17, 15) is 4.79 Å². The number of hydrogen-bond donors (Lipinski definition) is 1. The first-order chi connectivity index (χ1) is 14.6. The summed E-state index contributed by atoms with van der Waals surface area (Å²) in [6, 6.07) is 10.2. The lowest BCUT2D eigenvalue weighted by atomic mass is 9.79. The SMILES string of the molecule is O=C(O)CC1CCC(c2nc3c(-c4cnc5ccccc5c4)cnn3cc2Br)CC1. The van der Waals surface area contributed by atoms with E-state index in [1.165, 1.54) is 0 Å². The van der Waals surface area contributed by atoms with Crippen molar-refractivity contribution in [1.82, 2.24) is 19.6 Å². The Labute approximate surface area is 182 Å². The van der Waals surface area contributed by atoms with Crippen molar-refractivity contribution in [3.05, 3.63) is 59.1 Å². The topological polar surface area (TPSA) is 80.4 Å². The number of fused-ring (bicyclic) bond motifs is 2. The Hall–Kier alpha value is -2.80. The van der Waals surface area contributed by atoms with Crippen LogP contribution in [-0.2, 0) is 4.79 Å². The van der Waals surface area contributed by atoms with Crippen LogP contribution in [0.15, 0.2) is 53.4 Å². The van der Waals surface area contributed by atoms with Gasteiger partial charge in [0.1, 0.15) is 0 Å². The summed E-state index contributed by atoms with van der Waals surface area (Å²) in [4.78, 5) is 20.6. The van der Waals surface area contributed by atoms with Gasteiger partial charge in [-0.1, -0.05) is 18.2 Å². The standard InChI is InChI=1S/C23H21BrN4O2/c24-19-13-28-23(27-22(19)15-7-5-14(6-8-15)9-21(29)30)18(12-26-28)17-10-16-3-1-2-4-20(16)25-11-17/h1-4,10-15H,5-9H2,(H,29,30). The molecule has 0 aliphatic heterocycles. The highest BCUT2D eigenvalue weighted by Gasteiger charge is 2.27. The van der Waals surface area contributed by atoms with Crippen LogP contribution in [0.3, 0.4) is 0 Å². The summed E-state index contributed by atoms with van der Waals surface area (Å²) in [5, 5.41) is 14.6. The first-order valence-corrected chi connectivity index (χ1v) is 11.0. The van der Waals surface area contributed by atoms with Crippen LogP contribution in [0, 0.1) is 5.92 Å². The maximum Gasteiger partial charge on any atom is 0.303 e. The highest BCUT2D eigenvalue weighted by atomic mass is 79.9. The molecule has 0 radical (unpaired) electrons. The Morgan fingerprint density at radius 2 is 1.97 bits per heavy atom. The molecular formula is C23H21BrN4O2. The summed E-state index contributed by atoms with van der Waals surface area (Å²) in [5.41, 5.74) is 4.77. The van der Waals surface area contributed by atoms with Crippen LogP contribution >= 0.6 is 15.9 Å². The molecule has 30 heavy (non-hydrogen) atoms. The van der Waals surface area contributed by atoms with Crippen LogP contribution in [0.5, 0.6) is 0 Å². The molecule has 4 aromatic rings. The van der Waals surface area contributed by atoms with Crippen LogP contribution < -0.4 is 0 Å².